The van der Waals surface area contributed by atoms with Gasteiger partial charge < -0.3 is 4.74 Å². The number of hydrogen-bond donors (Lipinski definition) is 1. The van der Waals surface area contributed by atoms with Crippen LogP contribution in [0.15, 0.2) is 84.1 Å². The summed E-state index contributed by atoms with van der Waals surface area (Å²) in [5.41, 5.74) is 4.16. The molecule has 3 aromatic carbocycles. The molecule has 0 spiro atoms. The molecule has 0 radical (unpaired) electrons. The molecule has 5 rings (SSSR count). The highest BCUT2D eigenvalue weighted by atomic mass is 35.5. The Kier molecular flexibility index (Phi) is 7.76. The average molecular weight is 584 g/mol. The van der Waals surface area contributed by atoms with Gasteiger partial charge in [-0.15, -0.1) is 11.3 Å². The van der Waals surface area contributed by atoms with Gasteiger partial charge in [0.15, 0.2) is 5.69 Å². The van der Waals surface area contributed by atoms with E-state index in [0.717, 1.165) is 15.6 Å². The molecule has 11 heteroatoms. The van der Waals surface area contributed by atoms with Crippen molar-refractivity contribution in [1.82, 2.24) is 15.2 Å². The molecule has 0 bridgehead atoms. The number of aromatic nitrogens is 2. The zero-order chi connectivity index (χ0) is 26.6. The fourth-order valence-electron chi connectivity index (χ4n) is 3.54. The number of esters is 1. The maximum absolute atomic E-state index is 12.6. The van der Waals surface area contributed by atoms with Gasteiger partial charge >= 0.3 is 5.97 Å². The Morgan fingerprint density at radius 2 is 1.82 bits per heavy atom. The van der Waals surface area contributed by atoms with Crippen molar-refractivity contribution in [2.75, 3.05) is 0 Å². The van der Waals surface area contributed by atoms with Crippen molar-refractivity contribution < 1.29 is 14.3 Å². The lowest BCUT2D eigenvalue weighted by Crippen LogP contribution is -2.18. The van der Waals surface area contributed by atoms with Crippen molar-refractivity contribution >= 4 is 74.3 Å². The summed E-state index contributed by atoms with van der Waals surface area (Å²) in [5.74, 6) is -0.633. The number of amides is 1. The molecule has 1 N–H and O–H groups in total. The van der Waals surface area contributed by atoms with Crippen molar-refractivity contribution in [1.29, 1.82) is 0 Å². The molecule has 0 aliphatic heterocycles. The van der Waals surface area contributed by atoms with E-state index in [0.29, 0.717) is 37.8 Å². The lowest BCUT2D eigenvalue weighted by molar-refractivity contribution is 0.0739. The Morgan fingerprint density at radius 1 is 1.03 bits per heavy atom. The van der Waals surface area contributed by atoms with Gasteiger partial charge in [-0.1, -0.05) is 59.1 Å². The van der Waals surface area contributed by atoms with E-state index < -0.39 is 11.9 Å². The van der Waals surface area contributed by atoms with Crippen molar-refractivity contribution in [2.45, 2.75) is 6.54 Å². The second-order valence-electron chi connectivity index (χ2n) is 8.03. The monoisotopic (exact) mass is 582 g/mol. The number of ether oxygens (including phenoxy) is 1. The maximum atomic E-state index is 12.6. The topological polar surface area (TPSA) is 85.6 Å². The number of fused-ring (bicyclic) bond motifs is 1. The number of carbonyl (C=O) groups is 2. The third kappa shape index (κ3) is 5.89. The largest absolute Gasteiger partial charge is 0.422 e. The van der Waals surface area contributed by atoms with Crippen molar-refractivity contribution in [2.24, 2.45) is 5.10 Å². The van der Waals surface area contributed by atoms with E-state index in [1.54, 1.807) is 53.3 Å². The van der Waals surface area contributed by atoms with Crippen LogP contribution in [0.1, 0.15) is 31.3 Å². The standard InChI is InChI=1S/C27H17Cl3N4O3S/c28-18-8-7-17(21(29)13-18)15-34-12-11-22(33-34)26(35)32-31-14-16-5-9-19(10-6-16)37-27(36)25-24(30)20-3-1-2-4-23(20)38-25/h1-14H,15H2,(H,32,35)/b31-14+. The van der Waals surface area contributed by atoms with E-state index in [4.69, 9.17) is 39.5 Å². The molecule has 0 saturated carbocycles. The van der Waals surface area contributed by atoms with Gasteiger partial charge in [0, 0.05) is 26.3 Å². The van der Waals surface area contributed by atoms with Gasteiger partial charge in [0.1, 0.15) is 10.6 Å². The molecule has 38 heavy (non-hydrogen) atoms. The number of nitrogens with one attached hydrogen (secondary N) is 1. The highest BCUT2D eigenvalue weighted by Gasteiger charge is 2.19. The molecular formula is C27H17Cl3N4O3S. The molecule has 0 aliphatic rings. The fourth-order valence-corrected chi connectivity index (χ4v) is 5.39. The minimum atomic E-state index is -0.525. The van der Waals surface area contributed by atoms with Crippen LogP contribution < -0.4 is 10.2 Å². The maximum Gasteiger partial charge on any atom is 0.355 e. The minimum Gasteiger partial charge on any atom is -0.422 e. The van der Waals surface area contributed by atoms with Crippen LogP contribution in [0.4, 0.5) is 0 Å². The molecule has 0 atom stereocenters. The van der Waals surface area contributed by atoms with Gasteiger partial charge in [-0.05, 0) is 59.7 Å². The van der Waals surface area contributed by atoms with E-state index in [2.05, 4.69) is 15.6 Å². The van der Waals surface area contributed by atoms with Crippen molar-refractivity contribution in [3.8, 4) is 5.75 Å². The molecular weight excluding hydrogens is 567 g/mol. The molecule has 2 heterocycles. The lowest BCUT2D eigenvalue weighted by atomic mass is 10.2. The van der Waals surface area contributed by atoms with Crippen LogP contribution in [-0.4, -0.2) is 27.9 Å². The first-order valence-electron chi connectivity index (χ1n) is 11.2. The first-order valence-corrected chi connectivity index (χ1v) is 13.1. The molecule has 190 valence electrons. The summed E-state index contributed by atoms with van der Waals surface area (Å²) in [6.45, 7) is 0.387. The third-order valence-electron chi connectivity index (χ3n) is 5.41. The Balaban J connectivity index is 1.16. The van der Waals surface area contributed by atoms with Gasteiger partial charge in [0.25, 0.3) is 5.91 Å². The first kappa shape index (κ1) is 25.9. The van der Waals surface area contributed by atoms with Crippen LogP contribution in [-0.2, 0) is 6.54 Å². The normalized spacial score (nSPS) is 11.2. The quantitative estimate of drug-likeness (QED) is 0.0959. The number of hydrogen-bond acceptors (Lipinski definition) is 6. The molecule has 0 unspecified atom stereocenters. The number of benzene rings is 3. The predicted octanol–water partition coefficient (Wildman–Crippen LogP) is 7.09. The van der Waals surface area contributed by atoms with Crippen LogP contribution in [0.25, 0.3) is 10.1 Å². The molecule has 5 aromatic rings. The Hall–Kier alpha value is -3.69. The van der Waals surface area contributed by atoms with Crippen molar-refractivity contribution in [3.05, 3.63) is 116 Å². The number of carbonyl (C=O) groups excluding carboxylic acids is 2. The van der Waals surface area contributed by atoms with E-state index in [1.165, 1.54) is 17.6 Å². The van der Waals surface area contributed by atoms with Crippen LogP contribution in [0.2, 0.25) is 15.1 Å². The lowest BCUT2D eigenvalue weighted by Gasteiger charge is -2.05. The highest BCUT2D eigenvalue weighted by Crippen LogP contribution is 2.35. The Labute approximate surface area is 236 Å². The smallest absolute Gasteiger partial charge is 0.355 e. The number of halogens is 3. The average Bonchev–Trinajstić information content (AvgIpc) is 3.51. The minimum absolute atomic E-state index is 0.203. The number of nitrogens with zero attached hydrogens (tertiary/aromatic N) is 3. The van der Waals surface area contributed by atoms with Gasteiger partial charge in [0.05, 0.1) is 17.8 Å². The summed E-state index contributed by atoms with van der Waals surface area (Å²) in [7, 11) is 0. The summed E-state index contributed by atoms with van der Waals surface area (Å²) in [6.07, 6.45) is 3.15. The van der Waals surface area contributed by atoms with Crippen LogP contribution in [0.5, 0.6) is 5.75 Å². The molecule has 0 fully saturated rings. The van der Waals surface area contributed by atoms with Gasteiger partial charge in [-0.2, -0.15) is 10.2 Å². The second kappa shape index (κ2) is 11.4. The van der Waals surface area contributed by atoms with Gasteiger partial charge in [-0.3, -0.25) is 9.48 Å². The van der Waals surface area contributed by atoms with Crippen LogP contribution >= 0.6 is 46.1 Å². The predicted molar refractivity (Wildman–Crippen MR) is 151 cm³/mol. The van der Waals surface area contributed by atoms with Crippen LogP contribution in [0.3, 0.4) is 0 Å². The summed E-state index contributed by atoms with van der Waals surface area (Å²) in [6, 6.07) is 21.0. The molecule has 1 amide bonds. The number of rotatable bonds is 7. The number of thiophene rings is 1. The van der Waals surface area contributed by atoms with Gasteiger partial charge in [-0.25, -0.2) is 10.2 Å². The molecule has 0 aliphatic carbocycles. The summed E-state index contributed by atoms with van der Waals surface area (Å²) >= 11 is 19.8. The Bertz CT molecular complexity index is 1680. The SMILES string of the molecule is O=C(N/N=C/c1ccc(OC(=O)c2sc3ccccc3c2Cl)cc1)c1ccn(Cc2ccc(Cl)cc2Cl)n1. The zero-order valence-electron chi connectivity index (χ0n) is 19.4. The first-order chi connectivity index (χ1) is 18.4. The fraction of sp³-hybridized carbons (Fsp3) is 0.0370. The van der Waals surface area contributed by atoms with E-state index >= 15 is 0 Å². The van der Waals surface area contributed by atoms with Gasteiger partial charge in [0.2, 0.25) is 0 Å². The Morgan fingerprint density at radius 3 is 2.58 bits per heavy atom. The second-order valence-corrected chi connectivity index (χ2v) is 10.3. The molecule has 2 aromatic heterocycles. The van der Waals surface area contributed by atoms with E-state index in [-0.39, 0.29) is 5.69 Å². The van der Waals surface area contributed by atoms with Crippen molar-refractivity contribution in [3.63, 3.8) is 0 Å². The summed E-state index contributed by atoms with van der Waals surface area (Å²) in [4.78, 5) is 25.4. The van der Waals surface area contributed by atoms with Crippen LogP contribution in [0, 0.1) is 0 Å². The highest BCUT2D eigenvalue weighted by molar-refractivity contribution is 7.21. The molecule has 7 nitrogen and oxygen atoms in total. The zero-order valence-corrected chi connectivity index (χ0v) is 22.5. The summed E-state index contributed by atoms with van der Waals surface area (Å²) in [5, 5.41) is 10.5. The number of hydrazone groups is 1. The summed E-state index contributed by atoms with van der Waals surface area (Å²) < 4.78 is 7.98. The third-order valence-corrected chi connectivity index (χ3v) is 7.65. The van der Waals surface area contributed by atoms with E-state index in [1.807, 2.05) is 30.3 Å². The molecule has 0 saturated heterocycles. The van der Waals surface area contributed by atoms with E-state index in [9.17, 15) is 9.59 Å².